The summed E-state index contributed by atoms with van der Waals surface area (Å²) in [5, 5.41) is 19.9. The van der Waals surface area contributed by atoms with Crippen molar-refractivity contribution in [2.45, 2.75) is 45.3 Å². The van der Waals surface area contributed by atoms with Crippen LogP contribution in [0.3, 0.4) is 0 Å². The van der Waals surface area contributed by atoms with Gasteiger partial charge in [0.25, 0.3) is 0 Å². The number of aromatic carboxylic acids is 1. The number of carboxylic acids is 1. The predicted octanol–water partition coefficient (Wildman–Crippen LogP) is 2.57. The van der Waals surface area contributed by atoms with Gasteiger partial charge in [-0.05, 0) is 68.3 Å². The lowest BCUT2D eigenvalue weighted by molar-refractivity contribution is 0.0447. The van der Waals surface area contributed by atoms with Gasteiger partial charge in [0.15, 0.2) is 5.69 Å². The Hall–Kier alpha value is -3.04. The second kappa shape index (κ2) is 8.96. The van der Waals surface area contributed by atoms with Gasteiger partial charge in [-0.15, -0.1) is 0 Å². The maximum atomic E-state index is 11.8. The number of fused-ring (bicyclic) bond motifs is 1. The molecule has 1 atom stereocenters. The normalized spacial score (nSPS) is 20.8. The highest BCUT2D eigenvalue weighted by Gasteiger charge is 2.38. The molecule has 0 unspecified atom stereocenters. The summed E-state index contributed by atoms with van der Waals surface area (Å²) in [6.45, 7) is 6.52. The Labute approximate surface area is 198 Å². The van der Waals surface area contributed by atoms with E-state index in [9.17, 15) is 14.7 Å². The first-order valence-electron chi connectivity index (χ1n) is 11.9. The minimum absolute atomic E-state index is 0.0382. The fraction of sp³-hybridized carbons (Fsp3) is 0.520. The third-order valence-corrected chi connectivity index (χ3v) is 7.92. The van der Waals surface area contributed by atoms with Gasteiger partial charge in [-0.2, -0.15) is 0 Å². The molecule has 9 nitrogen and oxygen atoms in total. The lowest BCUT2D eigenvalue weighted by Crippen LogP contribution is -2.47. The number of esters is 1. The van der Waals surface area contributed by atoms with E-state index in [0.717, 1.165) is 74.4 Å². The van der Waals surface area contributed by atoms with Crippen LogP contribution < -0.4 is 4.90 Å². The lowest BCUT2D eigenvalue weighted by atomic mass is 9.71. The van der Waals surface area contributed by atoms with E-state index < -0.39 is 12.1 Å². The topological polar surface area (TPSA) is 116 Å². The highest BCUT2D eigenvalue weighted by molar-refractivity contribution is 5.94. The molecule has 1 aromatic heterocycles. The minimum atomic E-state index is -1.07. The first-order valence-corrected chi connectivity index (χ1v) is 11.9. The number of nitrogens with zero attached hydrogens (tertiary/aromatic N) is 4. The number of cyclic esters (lactones) is 1. The van der Waals surface area contributed by atoms with Crippen LogP contribution in [-0.2, 0) is 11.3 Å². The van der Waals surface area contributed by atoms with Gasteiger partial charge in [0.05, 0.1) is 24.1 Å². The Bertz CT molecular complexity index is 1090. The van der Waals surface area contributed by atoms with Crippen molar-refractivity contribution in [1.29, 1.82) is 0 Å². The molecule has 4 heterocycles. The second-order valence-corrected chi connectivity index (χ2v) is 9.75. The number of likely N-dealkylation sites (tertiary alicyclic amines) is 1. The van der Waals surface area contributed by atoms with E-state index in [0.29, 0.717) is 24.1 Å². The zero-order chi connectivity index (χ0) is 23.9. The maximum absolute atomic E-state index is 11.8. The van der Waals surface area contributed by atoms with E-state index in [1.807, 2.05) is 13.0 Å². The number of hydrogen-bond donors (Lipinski definition) is 2. The van der Waals surface area contributed by atoms with Crippen LogP contribution in [0.15, 0.2) is 24.5 Å². The number of hydrogen-bond acceptors (Lipinski definition) is 8. The molecule has 1 aromatic carbocycles. The quantitative estimate of drug-likeness (QED) is 0.641. The van der Waals surface area contributed by atoms with E-state index in [2.05, 4.69) is 19.8 Å². The standard InChI is InChI=1S/C25H30N4O5/c1-16-17(2-3-18-19(16)15-34-24(18)33)21(30)14-28-8-4-25(5-9-28)6-10-29(11-7-25)22-13-26-20(12-27-22)23(31)32/h2-3,12-13,21,30H,4-11,14-15H2,1H3,(H,31,32)/t21-/m0/s1. The van der Waals surface area contributed by atoms with Crippen LogP contribution in [0.5, 0.6) is 0 Å². The van der Waals surface area contributed by atoms with Crippen LogP contribution in [0.4, 0.5) is 5.82 Å². The van der Waals surface area contributed by atoms with Crippen molar-refractivity contribution >= 4 is 17.8 Å². The van der Waals surface area contributed by atoms with Crippen molar-refractivity contribution < 1.29 is 24.5 Å². The monoisotopic (exact) mass is 466 g/mol. The lowest BCUT2D eigenvalue weighted by Gasteiger charge is -2.47. The summed E-state index contributed by atoms with van der Waals surface area (Å²) >= 11 is 0. The van der Waals surface area contributed by atoms with E-state index in [-0.39, 0.29) is 11.7 Å². The molecular weight excluding hydrogens is 436 g/mol. The largest absolute Gasteiger partial charge is 0.476 e. The molecule has 0 bridgehead atoms. The number of aliphatic hydroxyl groups excluding tert-OH is 1. The Morgan fingerprint density at radius 2 is 1.82 bits per heavy atom. The van der Waals surface area contributed by atoms with Gasteiger partial charge >= 0.3 is 11.9 Å². The van der Waals surface area contributed by atoms with Gasteiger partial charge in [0.1, 0.15) is 12.4 Å². The fourth-order valence-electron chi connectivity index (χ4n) is 5.59. The highest BCUT2D eigenvalue weighted by atomic mass is 16.5. The number of anilines is 1. The fourth-order valence-corrected chi connectivity index (χ4v) is 5.59. The molecular formula is C25H30N4O5. The molecule has 3 aliphatic rings. The summed E-state index contributed by atoms with van der Waals surface area (Å²) in [5.41, 5.74) is 3.62. The van der Waals surface area contributed by atoms with Gasteiger partial charge < -0.3 is 24.7 Å². The predicted molar refractivity (Wildman–Crippen MR) is 124 cm³/mol. The van der Waals surface area contributed by atoms with Gasteiger partial charge in [0.2, 0.25) is 0 Å². The van der Waals surface area contributed by atoms with Crippen molar-refractivity contribution in [2.75, 3.05) is 37.6 Å². The maximum Gasteiger partial charge on any atom is 0.356 e. The van der Waals surface area contributed by atoms with E-state index in [4.69, 9.17) is 9.84 Å². The number of β-amino-alcohol motifs (C(OH)–C–C–N with tert-alkyl or cyclic N) is 1. The summed E-state index contributed by atoms with van der Waals surface area (Å²) in [4.78, 5) is 35.6. The number of piperidine rings is 2. The Morgan fingerprint density at radius 3 is 2.47 bits per heavy atom. The average Bonchev–Trinajstić information content (AvgIpc) is 3.23. The molecule has 2 aromatic rings. The van der Waals surface area contributed by atoms with Gasteiger partial charge in [0, 0.05) is 25.2 Å². The van der Waals surface area contributed by atoms with Crippen molar-refractivity contribution in [3.8, 4) is 0 Å². The molecule has 2 fully saturated rings. The molecule has 2 N–H and O–H groups in total. The Balaban J connectivity index is 1.14. The van der Waals surface area contributed by atoms with Crippen LogP contribution in [0.1, 0.15) is 69.3 Å². The summed E-state index contributed by atoms with van der Waals surface area (Å²) in [6, 6.07) is 3.63. The zero-order valence-corrected chi connectivity index (χ0v) is 19.4. The van der Waals surface area contributed by atoms with Gasteiger partial charge in [-0.3, -0.25) is 0 Å². The van der Waals surface area contributed by atoms with Crippen LogP contribution in [0, 0.1) is 12.3 Å². The molecule has 1 spiro atoms. The van der Waals surface area contributed by atoms with Crippen LogP contribution in [0.25, 0.3) is 0 Å². The molecule has 180 valence electrons. The van der Waals surface area contributed by atoms with Crippen LogP contribution in [-0.4, -0.2) is 69.7 Å². The number of carbonyl (C=O) groups is 2. The van der Waals surface area contributed by atoms with E-state index >= 15 is 0 Å². The van der Waals surface area contributed by atoms with Crippen LogP contribution >= 0.6 is 0 Å². The smallest absolute Gasteiger partial charge is 0.356 e. The number of carbonyl (C=O) groups excluding carboxylic acids is 1. The number of carboxylic acid groups (broad SMARTS) is 1. The average molecular weight is 467 g/mol. The SMILES string of the molecule is Cc1c([C@@H](O)CN2CCC3(CC2)CCN(c2cnc(C(=O)O)cn2)CC3)ccc2c1COC2=O. The van der Waals surface area contributed by atoms with Crippen molar-refractivity contribution in [3.05, 3.63) is 52.5 Å². The summed E-state index contributed by atoms with van der Waals surface area (Å²) in [7, 11) is 0. The minimum Gasteiger partial charge on any atom is -0.476 e. The number of benzene rings is 1. The number of rotatable bonds is 5. The molecule has 5 rings (SSSR count). The Morgan fingerprint density at radius 1 is 1.12 bits per heavy atom. The third kappa shape index (κ3) is 4.25. The third-order valence-electron chi connectivity index (χ3n) is 7.92. The molecule has 0 amide bonds. The van der Waals surface area contributed by atoms with Crippen LogP contribution in [0.2, 0.25) is 0 Å². The highest BCUT2D eigenvalue weighted by Crippen LogP contribution is 2.42. The van der Waals surface area contributed by atoms with Crippen molar-refractivity contribution in [3.63, 3.8) is 0 Å². The first kappa shape index (κ1) is 22.7. The molecule has 9 heteroatoms. The molecule has 2 saturated heterocycles. The number of aromatic nitrogens is 2. The van der Waals surface area contributed by atoms with E-state index in [1.165, 1.54) is 6.20 Å². The summed E-state index contributed by atoms with van der Waals surface area (Å²) < 4.78 is 5.14. The molecule has 0 saturated carbocycles. The second-order valence-electron chi connectivity index (χ2n) is 9.75. The number of ether oxygens (including phenoxy) is 1. The van der Waals surface area contributed by atoms with E-state index in [1.54, 1.807) is 12.3 Å². The van der Waals surface area contributed by atoms with Crippen molar-refractivity contribution in [2.24, 2.45) is 5.41 Å². The zero-order valence-electron chi connectivity index (χ0n) is 19.4. The Kier molecular flexibility index (Phi) is 5.99. The molecule has 0 radical (unpaired) electrons. The van der Waals surface area contributed by atoms with Gasteiger partial charge in [-0.25, -0.2) is 19.6 Å². The number of aliphatic hydroxyl groups is 1. The van der Waals surface area contributed by atoms with Gasteiger partial charge in [-0.1, -0.05) is 6.07 Å². The summed E-state index contributed by atoms with van der Waals surface area (Å²) in [6.07, 6.45) is 6.62. The molecule has 3 aliphatic heterocycles. The molecule has 0 aliphatic carbocycles. The molecule has 34 heavy (non-hydrogen) atoms. The first-order chi connectivity index (χ1) is 16.3. The summed E-state index contributed by atoms with van der Waals surface area (Å²) in [5.74, 6) is -0.614. The van der Waals surface area contributed by atoms with Crippen molar-refractivity contribution in [1.82, 2.24) is 14.9 Å².